The van der Waals surface area contributed by atoms with Gasteiger partial charge in [0.25, 0.3) is 0 Å². The van der Waals surface area contributed by atoms with Crippen LogP contribution in [0.15, 0.2) is 36.4 Å². The van der Waals surface area contributed by atoms with Crippen LogP contribution >= 0.6 is 0 Å². The Morgan fingerprint density at radius 2 is 1.09 bits per heavy atom. The summed E-state index contributed by atoms with van der Waals surface area (Å²) in [5.41, 5.74) is 5.98. The molecule has 0 atom stereocenters. The summed E-state index contributed by atoms with van der Waals surface area (Å²) < 4.78 is 2.53. The average molecular weight is 307 g/mol. The summed E-state index contributed by atoms with van der Waals surface area (Å²) in [7, 11) is 0. The van der Waals surface area contributed by atoms with Crippen LogP contribution in [-0.2, 0) is 17.4 Å². The Hall–Kier alpha value is -1.76. The number of aryl methyl sites for hydroxylation is 1. The molecule has 1 heterocycles. The predicted molar refractivity (Wildman–Crippen MR) is 103 cm³/mol. The molecule has 0 spiro atoms. The Kier molecular flexibility index (Phi) is 3.59. The minimum absolute atomic E-state index is 0.142. The molecule has 3 rings (SSSR count). The van der Waals surface area contributed by atoms with E-state index in [2.05, 4.69) is 89.4 Å². The number of nitrogens with zero attached hydrogens (tertiary/aromatic N) is 1. The van der Waals surface area contributed by atoms with Crippen LogP contribution in [0.25, 0.3) is 21.8 Å². The second-order valence-electron chi connectivity index (χ2n) is 8.65. The molecule has 1 heteroatoms. The summed E-state index contributed by atoms with van der Waals surface area (Å²) >= 11 is 0. The fourth-order valence-electron chi connectivity index (χ4n) is 3.74. The second-order valence-corrected chi connectivity index (χ2v) is 8.65. The monoisotopic (exact) mass is 307 g/mol. The molecule has 0 amide bonds. The Balaban J connectivity index is 2.58. The Labute approximate surface area is 140 Å². The van der Waals surface area contributed by atoms with E-state index in [9.17, 15) is 0 Å². The lowest BCUT2D eigenvalue weighted by molar-refractivity contribution is 0.586. The fourth-order valence-corrected chi connectivity index (χ4v) is 3.74. The van der Waals surface area contributed by atoms with Crippen LogP contribution < -0.4 is 0 Å². The van der Waals surface area contributed by atoms with Gasteiger partial charge in [0.2, 0.25) is 0 Å². The lowest BCUT2D eigenvalue weighted by atomic mass is 9.85. The number of para-hydroxylation sites is 2. The van der Waals surface area contributed by atoms with Gasteiger partial charge < -0.3 is 4.57 Å². The first-order valence-electron chi connectivity index (χ1n) is 8.71. The van der Waals surface area contributed by atoms with Crippen molar-refractivity contribution >= 4 is 21.8 Å². The van der Waals surface area contributed by atoms with Gasteiger partial charge in [0, 0.05) is 17.3 Å². The standard InChI is InChI=1S/C22H29N/c1-8-23-19-15(11-9-13-17(19)21(2,3)4)16-12-10-14-18(20(16)23)22(5,6)7/h9-14H,8H2,1-7H3. The van der Waals surface area contributed by atoms with Crippen molar-refractivity contribution in [3.8, 4) is 0 Å². The Morgan fingerprint density at radius 1 is 0.696 bits per heavy atom. The highest BCUT2D eigenvalue weighted by molar-refractivity contribution is 6.10. The molecule has 0 aliphatic rings. The first-order chi connectivity index (χ1) is 10.7. The average Bonchev–Trinajstić information content (AvgIpc) is 2.78. The fraction of sp³-hybridized carbons (Fsp3) is 0.455. The van der Waals surface area contributed by atoms with E-state index in [1.54, 1.807) is 0 Å². The normalized spacial score (nSPS) is 13.2. The smallest absolute Gasteiger partial charge is 0.0529 e. The largest absolute Gasteiger partial charge is 0.340 e. The lowest BCUT2D eigenvalue weighted by Crippen LogP contribution is -2.15. The van der Waals surface area contributed by atoms with Crippen LogP contribution in [0.3, 0.4) is 0 Å². The van der Waals surface area contributed by atoms with Gasteiger partial charge in [-0.2, -0.15) is 0 Å². The molecular formula is C22H29N. The van der Waals surface area contributed by atoms with E-state index < -0.39 is 0 Å². The maximum atomic E-state index is 2.53. The first-order valence-corrected chi connectivity index (χ1v) is 8.71. The minimum Gasteiger partial charge on any atom is -0.340 e. The summed E-state index contributed by atoms with van der Waals surface area (Å²) in [5.74, 6) is 0. The molecule has 0 aliphatic heterocycles. The van der Waals surface area contributed by atoms with Crippen molar-refractivity contribution in [1.29, 1.82) is 0 Å². The molecule has 23 heavy (non-hydrogen) atoms. The summed E-state index contributed by atoms with van der Waals surface area (Å²) in [6, 6.07) is 13.6. The number of benzene rings is 2. The number of aromatic nitrogens is 1. The summed E-state index contributed by atoms with van der Waals surface area (Å²) in [6.45, 7) is 17.1. The maximum Gasteiger partial charge on any atom is 0.0529 e. The maximum absolute atomic E-state index is 2.53. The van der Waals surface area contributed by atoms with Gasteiger partial charge in [-0.15, -0.1) is 0 Å². The predicted octanol–water partition coefficient (Wildman–Crippen LogP) is 6.41. The van der Waals surface area contributed by atoms with E-state index in [1.807, 2.05) is 0 Å². The van der Waals surface area contributed by atoms with Gasteiger partial charge >= 0.3 is 0 Å². The molecule has 2 aromatic carbocycles. The molecular weight excluding hydrogens is 278 g/mol. The van der Waals surface area contributed by atoms with Crippen LogP contribution in [0.5, 0.6) is 0 Å². The zero-order valence-electron chi connectivity index (χ0n) is 15.6. The van der Waals surface area contributed by atoms with Crippen LogP contribution in [-0.4, -0.2) is 4.57 Å². The van der Waals surface area contributed by atoms with Crippen LogP contribution in [0.1, 0.15) is 59.6 Å². The third kappa shape index (κ3) is 2.47. The van der Waals surface area contributed by atoms with E-state index in [0.29, 0.717) is 0 Å². The van der Waals surface area contributed by atoms with Crippen molar-refractivity contribution in [3.63, 3.8) is 0 Å². The Morgan fingerprint density at radius 3 is 1.39 bits per heavy atom. The molecule has 0 fully saturated rings. The topological polar surface area (TPSA) is 4.93 Å². The number of hydrogen-bond acceptors (Lipinski definition) is 0. The highest BCUT2D eigenvalue weighted by Gasteiger charge is 2.25. The van der Waals surface area contributed by atoms with E-state index in [1.165, 1.54) is 32.9 Å². The van der Waals surface area contributed by atoms with Crippen LogP contribution in [0.2, 0.25) is 0 Å². The van der Waals surface area contributed by atoms with Crippen molar-refractivity contribution in [2.24, 2.45) is 0 Å². The molecule has 0 saturated carbocycles. The van der Waals surface area contributed by atoms with Crippen molar-refractivity contribution < 1.29 is 0 Å². The number of rotatable bonds is 1. The van der Waals surface area contributed by atoms with E-state index >= 15 is 0 Å². The Bertz CT molecular complexity index is 795. The quantitative estimate of drug-likeness (QED) is 0.489. The summed E-state index contributed by atoms with van der Waals surface area (Å²) in [4.78, 5) is 0. The van der Waals surface area contributed by atoms with Gasteiger partial charge in [-0.3, -0.25) is 0 Å². The minimum atomic E-state index is 0.142. The highest BCUT2D eigenvalue weighted by atomic mass is 15.0. The van der Waals surface area contributed by atoms with Gasteiger partial charge in [-0.05, 0) is 28.9 Å². The zero-order chi connectivity index (χ0) is 17.0. The highest BCUT2D eigenvalue weighted by Crippen LogP contribution is 2.40. The molecule has 122 valence electrons. The molecule has 1 aromatic heterocycles. The molecule has 0 unspecified atom stereocenters. The zero-order valence-corrected chi connectivity index (χ0v) is 15.6. The first kappa shape index (κ1) is 16.1. The van der Waals surface area contributed by atoms with Gasteiger partial charge in [0.05, 0.1) is 11.0 Å². The second kappa shape index (κ2) is 5.12. The lowest BCUT2D eigenvalue weighted by Gasteiger charge is -2.23. The van der Waals surface area contributed by atoms with Crippen LogP contribution in [0.4, 0.5) is 0 Å². The third-order valence-corrected chi connectivity index (χ3v) is 4.83. The van der Waals surface area contributed by atoms with Gasteiger partial charge in [0.1, 0.15) is 0 Å². The molecule has 0 aliphatic carbocycles. The van der Waals surface area contributed by atoms with Gasteiger partial charge in [0.15, 0.2) is 0 Å². The molecule has 1 nitrogen and oxygen atoms in total. The van der Waals surface area contributed by atoms with Crippen molar-refractivity contribution in [2.75, 3.05) is 0 Å². The van der Waals surface area contributed by atoms with Gasteiger partial charge in [-0.1, -0.05) is 77.9 Å². The summed E-state index contributed by atoms with van der Waals surface area (Å²) in [5, 5.41) is 2.78. The molecule has 0 saturated heterocycles. The van der Waals surface area contributed by atoms with E-state index in [0.717, 1.165) is 6.54 Å². The van der Waals surface area contributed by atoms with Crippen molar-refractivity contribution in [1.82, 2.24) is 4.57 Å². The number of hydrogen-bond donors (Lipinski definition) is 0. The van der Waals surface area contributed by atoms with Gasteiger partial charge in [-0.25, -0.2) is 0 Å². The van der Waals surface area contributed by atoms with E-state index in [4.69, 9.17) is 0 Å². The molecule has 0 N–H and O–H groups in total. The third-order valence-electron chi connectivity index (χ3n) is 4.83. The van der Waals surface area contributed by atoms with Crippen molar-refractivity contribution in [3.05, 3.63) is 47.5 Å². The van der Waals surface area contributed by atoms with Crippen molar-refractivity contribution in [2.45, 2.75) is 65.8 Å². The molecule has 3 aromatic rings. The molecule has 0 radical (unpaired) electrons. The van der Waals surface area contributed by atoms with E-state index in [-0.39, 0.29) is 10.8 Å². The molecule has 0 bridgehead atoms. The number of fused-ring (bicyclic) bond motifs is 3. The van der Waals surface area contributed by atoms with Crippen LogP contribution in [0, 0.1) is 0 Å². The summed E-state index contributed by atoms with van der Waals surface area (Å²) in [6.07, 6.45) is 0. The SMILES string of the molecule is CCn1c2c(C(C)(C)C)cccc2c2cccc(C(C)(C)C)c21.